The van der Waals surface area contributed by atoms with E-state index in [0.29, 0.717) is 31.2 Å². The third-order valence-electron chi connectivity index (χ3n) is 3.98. The van der Waals surface area contributed by atoms with Crippen molar-refractivity contribution >= 4 is 5.91 Å². The van der Waals surface area contributed by atoms with Gasteiger partial charge < -0.3 is 15.1 Å². The fraction of sp³-hybridized carbons (Fsp3) is 0.250. The van der Waals surface area contributed by atoms with E-state index >= 15 is 0 Å². The van der Waals surface area contributed by atoms with Gasteiger partial charge in [-0.2, -0.15) is 0 Å². The molecule has 2 N–H and O–H groups in total. The highest BCUT2D eigenvalue weighted by atomic mass is 16.3. The fourth-order valence-corrected chi connectivity index (χ4v) is 2.68. The first-order valence-electron chi connectivity index (χ1n) is 8.53. The summed E-state index contributed by atoms with van der Waals surface area (Å²) in [6.07, 6.45) is 0.463. The molecule has 6 heteroatoms. The number of nitrogens with one attached hydrogen (secondary N) is 2. The van der Waals surface area contributed by atoms with E-state index in [1.165, 1.54) is 12.1 Å². The van der Waals surface area contributed by atoms with Gasteiger partial charge >= 0.3 is 0 Å². The predicted molar refractivity (Wildman–Crippen MR) is 99.0 cm³/mol. The average Bonchev–Trinajstić information content (AvgIpc) is 2.62. The van der Waals surface area contributed by atoms with Crippen molar-refractivity contribution in [3.63, 3.8) is 0 Å². The van der Waals surface area contributed by atoms with Crippen molar-refractivity contribution in [3.05, 3.63) is 75.9 Å². The van der Waals surface area contributed by atoms with Crippen LogP contribution in [-0.4, -0.2) is 24.0 Å². The Morgan fingerprint density at radius 3 is 2.77 bits per heavy atom. The molecular formula is C20H21N3O3. The molecule has 2 aliphatic rings. The molecule has 0 bridgehead atoms. The summed E-state index contributed by atoms with van der Waals surface area (Å²) in [6, 6.07) is 14.6. The predicted octanol–water partition coefficient (Wildman–Crippen LogP) is 1.90. The molecular weight excluding hydrogens is 330 g/mol. The minimum Gasteiger partial charge on any atom is -0.442 e. The second-order valence-corrected chi connectivity index (χ2v) is 6.04. The SMILES string of the molecule is Cc1nc(CCNC(=O)CNCc2ccccc2)oc2cc(=O)ccc1-2. The minimum absolute atomic E-state index is 0.0831. The summed E-state index contributed by atoms with van der Waals surface area (Å²) in [5.41, 5.74) is 2.66. The Labute approximate surface area is 151 Å². The zero-order valence-electron chi connectivity index (χ0n) is 14.6. The molecule has 0 saturated heterocycles. The third kappa shape index (κ3) is 4.77. The first kappa shape index (κ1) is 17.8. The number of amides is 1. The number of nitrogens with zero attached hydrogens (tertiary/aromatic N) is 1. The quantitative estimate of drug-likeness (QED) is 0.679. The molecule has 0 aromatic heterocycles. The number of fused-ring (bicyclic) bond motifs is 1. The number of hydrogen-bond acceptors (Lipinski definition) is 5. The van der Waals surface area contributed by atoms with E-state index in [-0.39, 0.29) is 17.9 Å². The van der Waals surface area contributed by atoms with Crippen molar-refractivity contribution in [2.24, 2.45) is 0 Å². The molecule has 0 spiro atoms. The number of hydrogen-bond donors (Lipinski definition) is 2. The van der Waals surface area contributed by atoms with Gasteiger partial charge in [-0.15, -0.1) is 0 Å². The minimum atomic E-state index is -0.101. The van der Waals surface area contributed by atoms with Gasteiger partial charge in [-0.05, 0) is 24.6 Å². The first-order valence-corrected chi connectivity index (χ1v) is 8.53. The highest BCUT2D eigenvalue weighted by Crippen LogP contribution is 2.23. The van der Waals surface area contributed by atoms with Crippen LogP contribution < -0.4 is 16.1 Å². The summed E-state index contributed by atoms with van der Waals surface area (Å²) >= 11 is 0. The lowest BCUT2D eigenvalue weighted by atomic mass is 10.1. The zero-order chi connectivity index (χ0) is 18.4. The molecule has 1 heterocycles. The Kier molecular flexibility index (Phi) is 5.76. The van der Waals surface area contributed by atoms with E-state index < -0.39 is 0 Å². The molecule has 134 valence electrons. The highest BCUT2D eigenvalue weighted by molar-refractivity contribution is 5.77. The molecule has 0 radical (unpaired) electrons. The van der Waals surface area contributed by atoms with Gasteiger partial charge in [0.1, 0.15) is 5.76 Å². The van der Waals surface area contributed by atoms with Crippen LogP contribution in [-0.2, 0) is 17.8 Å². The summed E-state index contributed by atoms with van der Waals surface area (Å²) < 4.78 is 5.67. The van der Waals surface area contributed by atoms with E-state index in [1.807, 2.05) is 37.3 Å². The molecule has 0 fully saturated rings. The van der Waals surface area contributed by atoms with Crippen molar-refractivity contribution in [2.45, 2.75) is 19.9 Å². The molecule has 1 aromatic rings. The summed E-state index contributed by atoms with van der Waals surface area (Å²) in [6.45, 7) is 3.19. The topological polar surface area (TPSA) is 84.2 Å². The van der Waals surface area contributed by atoms with E-state index in [1.54, 1.807) is 6.07 Å². The van der Waals surface area contributed by atoms with Gasteiger partial charge in [0.2, 0.25) is 5.91 Å². The smallest absolute Gasteiger partial charge is 0.233 e. The van der Waals surface area contributed by atoms with E-state index in [0.717, 1.165) is 16.8 Å². The number of benzene rings is 2. The highest BCUT2D eigenvalue weighted by Gasteiger charge is 2.12. The first-order chi connectivity index (χ1) is 12.6. The molecule has 1 aliphatic heterocycles. The summed E-state index contributed by atoms with van der Waals surface area (Å²) in [4.78, 5) is 27.7. The summed E-state index contributed by atoms with van der Waals surface area (Å²) in [5, 5.41) is 5.94. The Morgan fingerprint density at radius 2 is 1.96 bits per heavy atom. The second kappa shape index (κ2) is 8.40. The number of aromatic nitrogens is 1. The Hall–Kier alpha value is -2.99. The van der Waals surface area contributed by atoms with Gasteiger partial charge in [-0.25, -0.2) is 4.98 Å². The summed E-state index contributed by atoms with van der Waals surface area (Å²) in [7, 11) is 0. The van der Waals surface area contributed by atoms with Crippen molar-refractivity contribution in [1.82, 2.24) is 15.6 Å². The molecule has 0 unspecified atom stereocenters. The fourth-order valence-electron chi connectivity index (χ4n) is 2.68. The molecule has 1 amide bonds. The maximum atomic E-state index is 11.9. The van der Waals surface area contributed by atoms with E-state index in [9.17, 15) is 9.59 Å². The van der Waals surface area contributed by atoms with Gasteiger partial charge in [0, 0.05) is 31.1 Å². The Bertz CT molecular complexity index is 906. The van der Waals surface area contributed by atoms with Gasteiger partial charge in [0.25, 0.3) is 0 Å². The molecule has 0 atom stereocenters. The van der Waals surface area contributed by atoms with Crippen molar-refractivity contribution < 1.29 is 9.21 Å². The van der Waals surface area contributed by atoms with Crippen molar-refractivity contribution in [3.8, 4) is 11.3 Å². The summed E-state index contributed by atoms with van der Waals surface area (Å²) in [5.74, 6) is 0.939. The number of aryl methyl sites for hydroxylation is 1. The van der Waals surface area contributed by atoms with Gasteiger partial charge in [-0.3, -0.25) is 9.59 Å². The van der Waals surface area contributed by atoms with Crippen LogP contribution in [0, 0.1) is 6.92 Å². The van der Waals surface area contributed by atoms with Crippen LogP contribution in [0.2, 0.25) is 0 Å². The van der Waals surface area contributed by atoms with Crippen LogP contribution >= 0.6 is 0 Å². The van der Waals surface area contributed by atoms with E-state index in [4.69, 9.17) is 4.42 Å². The van der Waals surface area contributed by atoms with Crippen LogP contribution in [0.25, 0.3) is 11.3 Å². The lowest BCUT2D eigenvalue weighted by molar-refractivity contribution is -0.120. The normalized spacial score (nSPS) is 10.8. The van der Waals surface area contributed by atoms with Crippen LogP contribution in [0.15, 0.2) is 57.7 Å². The van der Waals surface area contributed by atoms with Crippen LogP contribution in [0.1, 0.15) is 17.1 Å². The monoisotopic (exact) mass is 351 g/mol. The number of carbonyl (C=O) groups excluding carboxylic acids is 1. The van der Waals surface area contributed by atoms with Crippen LogP contribution in [0.4, 0.5) is 0 Å². The third-order valence-corrected chi connectivity index (χ3v) is 3.98. The lowest BCUT2D eigenvalue weighted by Gasteiger charge is -2.10. The molecule has 1 aromatic carbocycles. The maximum absolute atomic E-state index is 11.9. The van der Waals surface area contributed by atoms with Gasteiger partial charge in [-0.1, -0.05) is 30.3 Å². The van der Waals surface area contributed by atoms with Crippen molar-refractivity contribution in [1.29, 1.82) is 0 Å². The van der Waals surface area contributed by atoms with Crippen molar-refractivity contribution in [2.75, 3.05) is 13.1 Å². The largest absolute Gasteiger partial charge is 0.442 e. The molecule has 26 heavy (non-hydrogen) atoms. The van der Waals surface area contributed by atoms with Crippen LogP contribution in [0.3, 0.4) is 0 Å². The standard InChI is InChI=1S/C20H21N3O3/c1-14-17-8-7-16(24)11-18(17)26-20(23-14)9-10-22-19(25)13-21-12-15-5-3-2-4-6-15/h2-8,11,21H,9-10,12-13H2,1H3,(H,22,25). The number of carbonyl (C=O) groups is 1. The average molecular weight is 351 g/mol. The second-order valence-electron chi connectivity index (χ2n) is 6.04. The molecule has 0 saturated carbocycles. The van der Waals surface area contributed by atoms with Crippen LogP contribution in [0.5, 0.6) is 0 Å². The molecule has 3 rings (SSSR count). The maximum Gasteiger partial charge on any atom is 0.233 e. The number of rotatable bonds is 7. The Balaban J connectivity index is 1.47. The molecule has 6 nitrogen and oxygen atoms in total. The van der Waals surface area contributed by atoms with Gasteiger partial charge in [0.05, 0.1) is 12.2 Å². The van der Waals surface area contributed by atoms with Gasteiger partial charge in [0.15, 0.2) is 11.3 Å². The molecule has 1 aliphatic carbocycles. The zero-order valence-corrected chi connectivity index (χ0v) is 14.6. The lowest BCUT2D eigenvalue weighted by Crippen LogP contribution is -2.34. The Morgan fingerprint density at radius 1 is 1.15 bits per heavy atom. The van der Waals surface area contributed by atoms with E-state index in [2.05, 4.69) is 15.6 Å².